The summed E-state index contributed by atoms with van der Waals surface area (Å²) in [5.41, 5.74) is 2.47. The number of carbonyl (C=O) groups is 1. The highest BCUT2D eigenvalue weighted by Gasteiger charge is 2.09. The lowest BCUT2D eigenvalue weighted by Gasteiger charge is -2.09. The van der Waals surface area contributed by atoms with Gasteiger partial charge in [-0.1, -0.05) is 65.7 Å². The number of hydrogen-bond acceptors (Lipinski definition) is 3. The quantitative estimate of drug-likeness (QED) is 0.386. The molecule has 1 N–H and O–H groups in total. The first kappa shape index (κ1) is 20.5. The second-order valence-corrected chi connectivity index (χ2v) is 6.86. The molecule has 3 rings (SSSR count). The molecule has 144 valence electrons. The summed E-state index contributed by atoms with van der Waals surface area (Å²) >= 11 is 12.5. The van der Waals surface area contributed by atoms with Gasteiger partial charge in [0, 0.05) is 16.3 Å². The van der Waals surface area contributed by atoms with Crippen molar-refractivity contribution in [1.29, 1.82) is 5.26 Å². The van der Waals surface area contributed by atoms with Gasteiger partial charge in [-0.25, -0.2) is 0 Å². The zero-order valence-corrected chi connectivity index (χ0v) is 16.7. The van der Waals surface area contributed by atoms with Crippen LogP contribution in [0.3, 0.4) is 0 Å². The van der Waals surface area contributed by atoms with Crippen LogP contribution in [0.5, 0.6) is 5.75 Å². The van der Waals surface area contributed by atoms with Crippen LogP contribution in [-0.4, -0.2) is 12.5 Å². The lowest BCUT2D eigenvalue weighted by atomic mass is 10.0. The molecule has 0 saturated heterocycles. The van der Waals surface area contributed by atoms with Crippen LogP contribution in [0.4, 0.5) is 5.69 Å². The van der Waals surface area contributed by atoms with E-state index in [9.17, 15) is 10.1 Å². The first-order valence-electron chi connectivity index (χ1n) is 8.71. The molecule has 1 amide bonds. The summed E-state index contributed by atoms with van der Waals surface area (Å²) in [6, 6.07) is 23.5. The molecule has 29 heavy (non-hydrogen) atoms. The molecule has 0 unspecified atom stereocenters. The molecule has 6 heteroatoms. The van der Waals surface area contributed by atoms with Gasteiger partial charge in [-0.2, -0.15) is 5.26 Å². The van der Waals surface area contributed by atoms with Crippen molar-refractivity contribution in [2.75, 3.05) is 11.9 Å². The summed E-state index contributed by atoms with van der Waals surface area (Å²) in [5, 5.41) is 13.0. The summed E-state index contributed by atoms with van der Waals surface area (Å²) < 4.78 is 5.51. The Bertz CT molecular complexity index is 1090. The van der Waals surface area contributed by atoms with Gasteiger partial charge in [0.05, 0.1) is 16.7 Å². The standard InChI is InChI=1S/C23H16Cl2N2O2/c24-20-9-5-4-8-19(20)17(14-26)12-16-10-11-22(21(25)13-16)29-15-23(28)27-18-6-2-1-3-7-18/h1-13H,15H2,(H,27,28). The molecule has 0 aliphatic carbocycles. The van der Waals surface area contributed by atoms with Crippen molar-refractivity contribution in [2.45, 2.75) is 0 Å². The van der Waals surface area contributed by atoms with Gasteiger partial charge in [0.2, 0.25) is 0 Å². The van der Waals surface area contributed by atoms with Crippen molar-refractivity contribution in [3.8, 4) is 11.8 Å². The highest BCUT2D eigenvalue weighted by Crippen LogP contribution is 2.29. The molecule has 0 aromatic heterocycles. The van der Waals surface area contributed by atoms with Gasteiger partial charge in [-0.15, -0.1) is 0 Å². The number of ether oxygens (including phenoxy) is 1. The molecule has 0 bridgehead atoms. The number of rotatable bonds is 6. The number of nitrogens with zero attached hydrogens (tertiary/aromatic N) is 1. The van der Waals surface area contributed by atoms with Gasteiger partial charge in [-0.05, 0) is 42.0 Å². The van der Waals surface area contributed by atoms with Crippen molar-refractivity contribution in [2.24, 2.45) is 0 Å². The van der Waals surface area contributed by atoms with Crippen LogP contribution in [0.1, 0.15) is 11.1 Å². The molecule has 0 spiro atoms. The van der Waals surface area contributed by atoms with Crippen LogP contribution in [0.15, 0.2) is 72.8 Å². The number of nitriles is 1. The van der Waals surface area contributed by atoms with Gasteiger partial charge in [0.25, 0.3) is 5.91 Å². The first-order valence-corrected chi connectivity index (χ1v) is 9.46. The Hall–Kier alpha value is -3.26. The monoisotopic (exact) mass is 422 g/mol. The molecule has 0 fully saturated rings. The smallest absolute Gasteiger partial charge is 0.262 e. The van der Waals surface area contributed by atoms with Crippen LogP contribution < -0.4 is 10.1 Å². The fourth-order valence-corrected chi connectivity index (χ4v) is 3.08. The largest absolute Gasteiger partial charge is 0.482 e. The molecule has 3 aromatic carbocycles. The number of halogens is 2. The molecule has 4 nitrogen and oxygen atoms in total. The highest BCUT2D eigenvalue weighted by atomic mass is 35.5. The van der Waals surface area contributed by atoms with Gasteiger partial charge in [-0.3, -0.25) is 4.79 Å². The summed E-state index contributed by atoms with van der Waals surface area (Å²) in [7, 11) is 0. The highest BCUT2D eigenvalue weighted by molar-refractivity contribution is 6.33. The molecule has 0 heterocycles. The molecule has 0 radical (unpaired) electrons. The van der Waals surface area contributed by atoms with Crippen molar-refractivity contribution in [3.05, 3.63) is 94.0 Å². The van der Waals surface area contributed by atoms with E-state index in [1.54, 1.807) is 54.6 Å². The second kappa shape index (κ2) is 9.79. The summed E-state index contributed by atoms with van der Waals surface area (Å²) in [4.78, 5) is 12.0. The fraction of sp³-hybridized carbons (Fsp3) is 0.0435. The summed E-state index contributed by atoms with van der Waals surface area (Å²) in [5.74, 6) is 0.0880. The number of nitrogens with one attached hydrogen (secondary N) is 1. The third-order valence-corrected chi connectivity index (χ3v) is 4.59. The van der Waals surface area contributed by atoms with Crippen LogP contribution >= 0.6 is 23.2 Å². The Labute approximate surface area is 179 Å². The Morgan fingerprint density at radius 1 is 1.00 bits per heavy atom. The van der Waals surface area contributed by atoms with Crippen molar-refractivity contribution in [1.82, 2.24) is 0 Å². The van der Waals surface area contributed by atoms with E-state index in [0.717, 1.165) is 0 Å². The molecular weight excluding hydrogens is 407 g/mol. The van der Waals surface area contributed by atoms with Gasteiger partial charge in [0.15, 0.2) is 6.61 Å². The van der Waals surface area contributed by atoms with Gasteiger partial charge >= 0.3 is 0 Å². The van der Waals surface area contributed by atoms with Crippen molar-refractivity contribution >= 4 is 46.4 Å². The third kappa shape index (κ3) is 5.61. The van der Waals surface area contributed by atoms with E-state index < -0.39 is 0 Å². The Morgan fingerprint density at radius 3 is 2.41 bits per heavy atom. The Morgan fingerprint density at radius 2 is 1.72 bits per heavy atom. The molecule has 0 atom stereocenters. The second-order valence-electron chi connectivity index (χ2n) is 6.04. The van der Waals surface area contributed by atoms with E-state index in [1.807, 2.05) is 24.3 Å². The lowest BCUT2D eigenvalue weighted by molar-refractivity contribution is -0.118. The average molecular weight is 423 g/mol. The van der Waals surface area contributed by atoms with Crippen LogP contribution in [0.2, 0.25) is 10.0 Å². The maximum Gasteiger partial charge on any atom is 0.262 e. The zero-order chi connectivity index (χ0) is 20.6. The molecule has 0 aliphatic rings. The van der Waals surface area contributed by atoms with Crippen LogP contribution in [0.25, 0.3) is 11.6 Å². The maximum atomic E-state index is 12.0. The minimum absolute atomic E-state index is 0.174. The third-order valence-electron chi connectivity index (χ3n) is 3.97. The van der Waals surface area contributed by atoms with E-state index >= 15 is 0 Å². The summed E-state index contributed by atoms with van der Waals surface area (Å²) in [6.07, 6.45) is 1.69. The lowest BCUT2D eigenvalue weighted by Crippen LogP contribution is -2.20. The van der Waals surface area contributed by atoms with E-state index in [2.05, 4.69) is 11.4 Å². The number of benzene rings is 3. The van der Waals surface area contributed by atoms with E-state index in [0.29, 0.717) is 38.2 Å². The minimum Gasteiger partial charge on any atom is -0.482 e. The number of allylic oxidation sites excluding steroid dienone is 1. The zero-order valence-electron chi connectivity index (χ0n) is 15.2. The van der Waals surface area contributed by atoms with E-state index in [4.69, 9.17) is 27.9 Å². The van der Waals surface area contributed by atoms with Crippen LogP contribution in [-0.2, 0) is 4.79 Å². The number of hydrogen-bond donors (Lipinski definition) is 1. The molecule has 3 aromatic rings. The normalized spacial score (nSPS) is 10.9. The predicted molar refractivity (Wildman–Crippen MR) is 117 cm³/mol. The Balaban J connectivity index is 1.69. The van der Waals surface area contributed by atoms with Crippen LogP contribution in [0, 0.1) is 11.3 Å². The number of para-hydroxylation sites is 1. The molecular formula is C23H16Cl2N2O2. The fourth-order valence-electron chi connectivity index (χ4n) is 2.60. The average Bonchev–Trinajstić information content (AvgIpc) is 2.73. The minimum atomic E-state index is -0.290. The number of amides is 1. The van der Waals surface area contributed by atoms with Gasteiger partial charge in [0.1, 0.15) is 5.75 Å². The van der Waals surface area contributed by atoms with E-state index in [-0.39, 0.29) is 12.5 Å². The topological polar surface area (TPSA) is 62.1 Å². The molecule has 0 aliphatic heterocycles. The first-order chi connectivity index (χ1) is 14.1. The predicted octanol–water partition coefficient (Wildman–Crippen LogP) is 6.08. The number of anilines is 1. The summed E-state index contributed by atoms with van der Waals surface area (Å²) in [6.45, 7) is -0.174. The van der Waals surface area contributed by atoms with Crippen molar-refractivity contribution in [3.63, 3.8) is 0 Å². The SMILES string of the molecule is N#CC(=Cc1ccc(OCC(=O)Nc2ccccc2)c(Cl)c1)c1ccccc1Cl. The van der Waals surface area contributed by atoms with Gasteiger partial charge < -0.3 is 10.1 Å². The van der Waals surface area contributed by atoms with E-state index in [1.165, 1.54) is 0 Å². The van der Waals surface area contributed by atoms with Crippen molar-refractivity contribution < 1.29 is 9.53 Å². The molecule has 0 saturated carbocycles. The number of carbonyl (C=O) groups excluding carboxylic acids is 1. The Kier molecular flexibility index (Phi) is 6.91. The maximum absolute atomic E-state index is 12.0.